The lowest BCUT2D eigenvalue weighted by Crippen LogP contribution is -2.30. The maximum atomic E-state index is 14.3. The highest BCUT2D eigenvalue weighted by Gasteiger charge is 2.30. The first kappa shape index (κ1) is 41.4. The van der Waals surface area contributed by atoms with Gasteiger partial charge < -0.3 is 26.0 Å². The molecule has 58 heavy (non-hydrogen) atoms. The van der Waals surface area contributed by atoms with Gasteiger partial charge in [-0.1, -0.05) is 101 Å². The third-order valence-corrected chi connectivity index (χ3v) is 11.5. The van der Waals surface area contributed by atoms with E-state index in [1.807, 2.05) is 66.7 Å². The van der Waals surface area contributed by atoms with E-state index in [-0.39, 0.29) is 27.7 Å². The Labute approximate surface area is 352 Å². The van der Waals surface area contributed by atoms with Gasteiger partial charge in [0, 0.05) is 26.3 Å². The number of ether oxygens (including phenoxy) is 1. The van der Waals surface area contributed by atoms with Crippen molar-refractivity contribution in [1.82, 2.24) is 5.32 Å². The van der Waals surface area contributed by atoms with Gasteiger partial charge in [0.2, 0.25) is 5.91 Å². The van der Waals surface area contributed by atoms with E-state index in [0.29, 0.717) is 38.5 Å². The van der Waals surface area contributed by atoms with Gasteiger partial charge in [0.25, 0.3) is 17.7 Å². The summed E-state index contributed by atoms with van der Waals surface area (Å²) in [6.07, 6.45) is 1.59. The summed E-state index contributed by atoms with van der Waals surface area (Å²) in [5.74, 6) is -2.54. The first-order valence-electron chi connectivity index (χ1n) is 18.0. The number of thioether (sulfide) groups is 1. The molecule has 1 heterocycles. The summed E-state index contributed by atoms with van der Waals surface area (Å²) >= 11 is 5.65. The molecule has 6 rings (SSSR count). The molecule has 0 aliphatic heterocycles. The molecule has 0 fully saturated rings. The number of anilines is 3. The summed E-state index contributed by atoms with van der Waals surface area (Å²) in [5.41, 5.74) is 3.27. The molecule has 0 saturated carbocycles. The molecule has 0 aliphatic rings. The van der Waals surface area contributed by atoms with Crippen LogP contribution in [0.15, 0.2) is 155 Å². The Hall–Kier alpha value is -6.28. The Morgan fingerprint density at radius 1 is 0.741 bits per heavy atom. The van der Waals surface area contributed by atoms with Crippen molar-refractivity contribution in [3.8, 4) is 0 Å². The van der Waals surface area contributed by atoms with Crippen molar-refractivity contribution in [2.75, 3.05) is 22.6 Å². The van der Waals surface area contributed by atoms with E-state index in [4.69, 9.17) is 4.74 Å². The predicted octanol–water partition coefficient (Wildman–Crippen LogP) is 10.1. The number of thiophene rings is 1. The van der Waals surface area contributed by atoms with Gasteiger partial charge in [-0.05, 0) is 91.2 Å². The smallest absolute Gasteiger partial charge is 0.341 e. The molecule has 6 aromatic rings. The van der Waals surface area contributed by atoms with Crippen molar-refractivity contribution in [2.45, 2.75) is 24.0 Å². The number of carbonyl (C=O) groups is 5. The third kappa shape index (κ3) is 10.8. The molecule has 0 saturated heterocycles. The highest BCUT2D eigenvalue weighted by Crippen LogP contribution is 2.40. The van der Waals surface area contributed by atoms with Gasteiger partial charge in [-0.2, -0.15) is 0 Å². The van der Waals surface area contributed by atoms with Crippen LogP contribution in [-0.4, -0.2) is 36.2 Å². The number of amides is 4. The number of hydrogen-bond acceptors (Lipinski definition) is 8. The lowest BCUT2D eigenvalue weighted by molar-refractivity contribution is -0.116. The van der Waals surface area contributed by atoms with Gasteiger partial charge in [-0.25, -0.2) is 4.79 Å². The van der Waals surface area contributed by atoms with Crippen molar-refractivity contribution in [1.29, 1.82) is 0 Å². The minimum atomic E-state index is -0.829. The molecular weight excluding hydrogens is 837 g/mol. The van der Waals surface area contributed by atoms with Crippen molar-refractivity contribution in [3.63, 3.8) is 0 Å². The van der Waals surface area contributed by atoms with Crippen molar-refractivity contribution in [3.05, 3.63) is 182 Å². The van der Waals surface area contributed by atoms with Crippen molar-refractivity contribution < 1.29 is 28.7 Å². The number of rotatable bonds is 14. The van der Waals surface area contributed by atoms with E-state index in [1.165, 1.54) is 11.8 Å². The Morgan fingerprint density at radius 3 is 2.05 bits per heavy atom. The highest BCUT2D eigenvalue weighted by molar-refractivity contribution is 9.10. The summed E-state index contributed by atoms with van der Waals surface area (Å²) < 4.78 is 6.20. The minimum absolute atomic E-state index is 0.0243. The Morgan fingerprint density at radius 2 is 1.38 bits per heavy atom. The fraction of sp³-hybridized carbons (Fsp3) is 0.0889. The summed E-state index contributed by atoms with van der Waals surface area (Å²) in [7, 11) is 0. The fourth-order valence-electron chi connectivity index (χ4n) is 5.70. The molecule has 4 N–H and O–H groups in total. The highest BCUT2D eigenvalue weighted by atomic mass is 79.9. The standard InChI is InChI=1S/C45H37BrN4O6S2/c1-3-56-45(55)37-28(2)38(42(53)47-33-18-11-6-12-19-33)58-44(37)50-43(54)39(30-14-7-4-8-15-30)57-35-21-13-20-34(27-35)48-41(52)36(26-29-22-24-32(46)25-23-29)49-40(51)31-16-9-5-10-17-31/h4-27,39H,3H2,1-2H3,(H,47,53)(H,48,52)(H,49,51)(H,50,54)/b36-26-. The molecule has 292 valence electrons. The molecule has 1 aromatic heterocycles. The van der Waals surface area contributed by atoms with Crippen molar-refractivity contribution >= 4 is 91.1 Å². The zero-order valence-corrected chi connectivity index (χ0v) is 34.5. The lowest BCUT2D eigenvalue weighted by Gasteiger charge is -2.18. The lowest BCUT2D eigenvalue weighted by atomic mass is 10.1. The maximum Gasteiger partial charge on any atom is 0.341 e. The second-order valence-electron chi connectivity index (χ2n) is 12.6. The monoisotopic (exact) mass is 872 g/mol. The molecule has 5 aromatic carbocycles. The number of benzene rings is 5. The van der Waals surface area contributed by atoms with Crippen LogP contribution in [0.5, 0.6) is 0 Å². The van der Waals surface area contributed by atoms with Gasteiger partial charge in [-0.15, -0.1) is 23.1 Å². The number of halogens is 1. The average Bonchev–Trinajstić information content (AvgIpc) is 3.56. The molecule has 0 aliphatic carbocycles. The molecule has 0 spiro atoms. The number of nitrogens with one attached hydrogen (secondary N) is 4. The number of para-hydroxylation sites is 1. The minimum Gasteiger partial charge on any atom is -0.462 e. The molecule has 10 nitrogen and oxygen atoms in total. The third-order valence-electron chi connectivity index (χ3n) is 8.50. The van der Waals surface area contributed by atoms with E-state index in [1.54, 1.807) is 92.7 Å². The number of hydrogen-bond donors (Lipinski definition) is 4. The summed E-state index contributed by atoms with van der Waals surface area (Å²) in [6, 6.07) is 40.9. The second kappa shape index (κ2) is 19.7. The van der Waals surface area contributed by atoms with Crippen LogP contribution in [0.3, 0.4) is 0 Å². The summed E-state index contributed by atoms with van der Waals surface area (Å²) in [6.45, 7) is 3.43. The molecule has 0 bridgehead atoms. The topological polar surface area (TPSA) is 143 Å². The van der Waals surface area contributed by atoms with E-state index < -0.39 is 34.8 Å². The molecular formula is C45H37BrN4O6S2. The number of esters is 1. The largest absolute Gasteiger partial charge is 0.462 e. The molecule has 4 amide bonds. The van der Waals surface area contributed by atoms with E-state index in [2.05, 4.69) is 37.2 Å². The van der Waals surface area contributed by atoms with Gasteiger partial charge in [0.15, 0.2) is 0 Å². The molecule has 1 unspecified atom stereocenters. The van der Waals surface area contributed by atoms with Crippen LogP contribution in [-0.2, 0) is 14.3 Å². The Bertz CT molecular complexity index is 2460. The van der Waals surface area contributed by atoms with Crippen LogP contribution in [0, 0.1) is 6.92 Å². The van der Waals surface area contributed by atoms with Gasteiger partial charge in [0.05, 0.1) is 17.0 Å². The predicted molar refractivity (Wildman–Crippen MR) is 234 cm³/mol. The molecule has 0 radical (unpaired) electrons. The van der Waals surface area contributed by atoms with Gasteiger partial charge in [-0.3, -0.25) is 19.2 Å². The van der Waals surface area contributed by atoms with Gasteiger partial charge in [0.1, 0.15) is 15.9 Å². The summed E-state index contributed by atoms with van der Waals surface area (Å²) in [4.78, 5) is 68.8. The molecule has 1 atom stereocenters. The first-order chi connectivity index (χ1) is 28.1. The Kier molecular flexibility index (Phi) is 14.1. The molecule has 13 heteroatoms. The van der Waals surface area contributed by atoms with Crippen LogP contribution in [0.4, 0.5) is 16.4 Å². The fourth-order valence-corrected chi connectivity index (χ4v) is 8.15. The quantitative estimate of drug-likeness (QED) is 0.0485. The zero-order chi connectivity index (χ0) is 41.0. The van der Waals surface area contributed by atoms with Crippen LogP contribution in [0.25, 0.3) is 6.08 Å². The van der Waals surface area contributed by atoms with Crippen LogP contribution in [0.2, 0.25) is 0 Å². The maximum absolute atomic E-state index is 14.3. The average molecular weight is 874 g/mol. The van der Waals surface area contributed by atoms with Gasteiger partial charge >= 0.3 is 5.97 Å². The second-order valence-corrected chi connectivity index (χ2v) is 15.7. The number of carbonyl (C=O) groups excluding carboxylic acids is 5. The van der Waals surface area contributed by atoms with Crippen LogP contribution >= 0.6 is 39.0 Å². The zero-order valence-electron chi connectivity index (χ0n) is 31.3. The summed E-state index contributed by atoms with van der Waals surface area (Å²) in [5, 5.41) is 10.8. The normalized spacial score (nSPS) is 11.5. The Balaban J connectivity index is 1.26. The first-order valence-corrected chi connectivity index (χ1v) is 20.5. The van der Waals surface area contributed by atoms with Crippen molar-refractivity contribution in [2.24, 2.45) is 0 Å². The van der Waals surface area contributed by atoms with E-state index >= 15 is 0 Å². The van der Waals surface area contributed by atoms with Crippen LogP contribution < -0.4 is 21.3 Å². The SMILES string of the molecule is CCOC(=O)c1c(NC(=O)C(Sc2cccc(NC(=O)/C(=C/c3ccc(Br)cc3)NC(=O)c3ccccc3)c2)c2ccccc2)sc(C(=O)Nc2ccccc2)c1C. The van der Waals surface area contributed by atoms with E-state index in [0.717, 1.165) is 15.8 Å². The van der Waals surface area contributed by atoms with Crippen LogP contribution in [0.1, 0.15) is 59.3 Å². The van der Waals surface area contributed by atoms with E-state index in [9.17, 15) is 24.0 Å².